The summed E-state index contributed by atoms with van der Waals surface area (Å²) in [7, 11) is 1.60. The van der Waals surface area contributed by atoms with Crippen LogP contribution in [0.1, 0.15) is 16.8 Å². The average Bonchev–Trinajstić information content (AvgIpc) is 3.11. The van der Waals surface area contributed by atoms with Crippen molar-refractivity contribution in [2.45, 2.75) is 25.7 Å². The summed E-state index contributed by atoms with van der Waals surface area (Å²) in [5, 5.41) is 10.3. The number of benzene rings is 2. The van der Waals surface area contributed by atoms with Gasteiger partial charge in [-0.15, -0.1) is 0 Å². The molecule has 0 saturated carbocycles. The molecule has 0 radical (unpaired) electrons. The number of aliphatic hydroxyl groups excluding tert-OH is 1. The molecule has 0 aliphatic carbocycles. The van der Waals surface area contributed by atoms with E-state index in [1.54, 1.807) is 13.2 Å². The molecule has 2 aromatic carbocycles. The number of nitrogens with zero attached hydrogens (tertiary/aromatic N) is 1. The Bertz CT molecular complexity index is 851. The lowest BCUT2D eigenvalue weighted by atomic mass is 10.2. The molecule has 0 amide bonds. The molecule has 0 aliphatic rings. The van der Waals surface area contributed by atoms with Crippen molar-refractivity contribution in [2.24, 2.45) is 0 Å². The fourth-order valence-corrected chi connectivity index (χ4v) is 3.51. The van der Waals surface area contributed by atoms with Gasteiger partial charge in [-0.3, -0.25) is 0 Å². The highest BCUT2D eigenvalue weighted by atomic mass is 19.1. The van der Waals surface area contributed by atoms with Gasteiger partial charge < -0.3 is 19.3 Å². The minimum atomic E-state index is -0.529. The van der Waals surface area contributed by atoms with Gasteiger partial charge >= 0.3 is 0 Å². The van der Waals surface area contributed by atoms with Crippen LogP contribution in [-0.4, -0.2) is 36.0 Å². The lowest BCUT2D eigenvalue weighted by Crippen LogP contribution is -3.10. The maximum atomic E-state index is 14.1. The normalized spacial score (nSPS) is 13.4. The molecule has 3 rings (SSSR count). The average molecular weight is 383 g/mol. The second kappa shape index (κ2) is 10.2. The predicted octanol–water partition coefficient (Wildman–Crippen LogP) is 2.27. The van der Waals surface area contributed by atoms with Gasteiger partial charge in [0.15, 0.2) is 0 Å². The topological polar surface area (TPSA) is 38.8 Å². The molecular weight excluding hydrogens is 355 g/mol. The Morgan fingerprint density at radius 1 is 1.00 bits per heavy atom. The number of nitrogens with one attached hydrogen (secondary N) is 1. The van der Waals surface area contributed by atoms with E-state index >= 15 is 0 Å². The van der Waals surface area contributed by atoms with Gasteiger partial charge in [0.25, 0.3) is 0 Å². The van der Waals surface area contributed by atoms with Crippen molar-refractivity contribution < 1.29 is 19.1 Å². The number of quaternary nitrogens is 1. The summed E-state index contributed by atoms with van der Waals surface area (Å²) in [6, 6.07) is 21.2. The molecule has 1 aromatic heterocycles. The summed E-state index contributed by atoms with van der Waals surface area (Å²) in [5.41, 5.74) is 3.00. The molecular formula is C23H28FN2O2+. The SMILES string of the molecule is COC[C@H](O)C[NH+](Cc1ccccc1)Cc1cccn1Cc1ccccc1F. The number of rotatable bonds is 10. The molecule has 0 spiro atoms. The first-order valence-electron chi connectivity index (χ1n) is 9.57. The molecule has 0 bridgehead atoms. The number of aromatic nitrogens is 1. The van der Waals surface area contributed by atoms with Crippen molar-refractivity contribution in [3.05, 3.63) is 95.6 Å². The van der Waals surface area contributed by atoms with Gasteiger partial charge in [0.1, 0.15) is 31.6 Å². The first-order valence-corrected chi connectivity index (χ1v) is 9.57. The molecule has 0 aliphatic heterocycles. The number of hydrogen-bond acceptors (Lipinski definition) is 2. The largest absolute Gasteiger partial charge is 0.385 e. The minimum Gasteiger partial charge on any atom is -0.385 e. The Balaban J connectivity index is 1.75. The first kappa shape index (κ1) is 20.3. The summed E-state index contributed by atoms with van der Waals surface area (Å²) < 4.78 is 21.2. The standard InChI is InChI=1S/C23H27FN2O2/c1-28-18-22(27)17-25(14-19-8-3-2-4-9-19)16-21-11-7-13-26(21)15-20-10-5-6-12-23(20)24/h2-13,22,27H,14-18H2,1H3/p+1/t22-/m1/s1. The van der Waals surface area contributed by atoms with Gasteiger partial charge in [0.05, 0.1) is 18.8 Å². The summed E-state index contributed by atoms with van der Waals surface area (Å²) in [6.07, 6.45) is 1.45. The number of methoxy groups -OCH3 is 1. The second-order valence-corrected chi connectivity index (χ2v) is 7.12. The molecule has 1 unspecified atom stereocenters. The molecule has 2 atom stereocenters. The van der Waals surface area contributed by atoms with Crippen LogP contribution in [0.3, 0.4) is 0 Å². The van der Waals surface area contributed by atoms with E-state index in [1.165, 1.54) is 16.5 Å². The van der Waals surface area contributed by atoms with Crippen LogP contribution in [0.5, 0.6) is 0 Å². The molecule has 28 heavy (non-hydrogen) atoms. The van der Waals surface area contributed by atoms with Crippen LogP contribution in [0.2, 0.25) is 0 Å². The third-order valence-electron chi connectivity index (χ3n) is 4.83. The van der Waals surface area contributed by atoms with Gasteiger partial charge in [-0.1, -0.05) is 48.5 Å². The van der Waals surface area contributed by atoms with Crippen molar-refractivity contribution in [1.29, 1.82) is 0 Å². The molecule has 0 fully saturated rings. The van der Waals surface area contributed by atoms with E-state index in [2.05, 4.69) is 22.8 Å². The molecule has 3 aromatic rings. The summed E-state index contributed by atoms with van der Waals surface area (Å²) >= 11 is 0. The monoisotopic (exact) mass is 383 g/mol. The summed E-state index contributed by atoms with van der Waals surface area (Å²) in [4.78, 5) is 1.23. The minimum absolute atomic E-state index is 0.189. The Morgan fingerprint density at radius 3 is 2.50 bits per heavy atom. The van der Waals surface area contributed by atoms with Crippen LogP contribution in [0.15, 0.2) is 72.9 Å². The second-order valence-electron chi connectivity index (χ2n) is 7.12. The fourth-order valence-electron chi connectivity index (χ4n) is 3.51. The quantitative estimate of drug-likeness (QED) is 0.564. The van der Waals surface area contributed by atoms with E-state index in [4.69, 9.17) is 4.74 Å². The van der Waals surface area contributed by atoms with E-state index in [0.29, 0.717) is 25.3 Å². The zero-order valence-electron chi connectivity index (χ0n) is 16.2. The third kappa shape index (κ3) is 5.76. The maximum Gasteiger partial charge on any atom is 0.128 e. The highest BCUT2D eigenvalue weighted by Crippen LogP contribution is 2.11. The van der Waals surface area contributed by atoms with Crippen molar-refractivity contribution in [3.8, 4) is 0 Å². The van der Waals surface area contributed by atoms with Crippen molar-refractivity contribution in [3.63, 3.8) is 0 Å². The van der Waals surface area contributed by atoms with Crippen LogP contribution >= 0.6 is 0 Å². The zero-order valence-corrected chi connectivity index (χ0v) is 16.2. The highest BCUT2D eigenvalue weighted by molar-refractivity contribution is 5.19. The van der Waals surface area contributed by atoms with Gasteiger partial charge in [-0.25, -0.2) is 4.39 Å². The Hall–Kier alpha value is -2.47. The summed E-state index contributed by atoms with van der Waals surface area (Å²) in [6.45, 7) is 2.92. The Kier molecular flexibility index (Phi) is 7.37. The van der Waals surface area contributed by atoms with Crippen molar-refractivity contribution in [1.82, 2.24) is 4.57 Å². The van der Waals surface area contributed by atoms with Crippen LogP contribution < -0.4 is 4.90 Å². The van der Waals surface area contributed by atoms with Crippen molar-refractivity contribution in [2.75, 3.05) is 20.3 Å². The van der Waals surface area contributed by atoms with Gasteiger partial charge in [0.2, 0.25) is 0 Å². The number of ether oxygens (including phenoxy) is 1. The van der Waals surface area contributed by atoms with Crippen LogP contribution in [-0.2, 0) is 24.4 Å². The fraction of sp³-hybridized carbons (Fsp3) is 0.304. The first-order chi connectivity index (χ1) is 13.7. The number of aliphatic hydroxyl groups is 1. The predicted molar refractivity (Wildman–Crippen MR) is 107 cm³/mol. The molecule has 5 heteroatoms. The van der Waals surface area contributed by atoms with Gasteiger partial charge in [0, 0.05) is 24.4 Å². The molecule has 4 nitrogen and oxygen atoms in total. The number of halogens is 1. The lowest BCUT2D eigenvalue weighted by molar-refractivity contribution is -0.931. The van der Waals surface area contributed by atoms with E-state index < -0.39 is 6.10 Å². The zero-order chi connectivity index (χ0) is 19.8. The Labute approximate surface area is 165 Å². The molecule has 1 heterocycles. The Morgan fingerprint density at radius 2 is 1.75 bits per heavy atom. The van der Waals surface area contributed by atoms with E-state index in [1.807, 2.05) is 42.6 Å². The van der Waals surface area contributed by atoms with E-state index in [9.17, 15) is 9.50 Å². The van der Waals surface area contributed by atoms with Crippen molar-refractivity contribution >= 4 is 0 Å². The van der Waals surface area contributed by atoms with Crippen LogP contribution in [0, 0.1) is 5.82 Å². The van der Waals surface area contributed by atoms with E-state index in [0.717, 1.165) is 18.8 Å². The highest BCUT2D eigenvalue weighted by Gasteiger charge is 2.18. The molecule has 2 N–H and O–H groups in total. The maximum absolute atomic E-state index is 14.1. The molecule has 148 valence electrons. The summed E-state index contributed by atoms with van der Waals surface area (Å²) in [5.74, 6) is -0.189. The van der Waals surface area contributed by atoms with E-state index in [-0.39, 0.29) is 5.82 Å². The van der Waals surface area contributed by atoms with Crippen LogP contribution in [0.25, 0.3) is 0 Å². The van der Waals surface area contributed by atoms with Gasteiger partial charge in [-0.2, -0.15) is 0 Å². The lowest BCUT2D eigenvalue weighted by Gasteiger charge is -2.23. The smallest absolute Gasteiger partial charge is 0.128 e. The third-order valence-corrected chi connectivity index (χ3v) is 4.83. The van der Waals surface area contributed by atoms with Gasteiger partial charge in [-0.05, 0) is 18.2 Å². The number of hydrogen-bond donors (Lipinski definition) is 2. The van der Waals surface area contributed by atoms with Crippen LogP contribution in [0.4, 0.5) is 4.39 Å². The molecule has 0 saturated heterocycles.